The molecule has 0 bridgehead atoms. The highest BCUT2D eigenvalue weighted by Crippen LogP contribution is 2.37. The summed E-state index contributed by atoms with van der Waals surface area (Å²) in [5.74, 6) is 0.782. The number of thioether (sulfide) groups is 1. The molecule has 0 atom stereocenters. The van der Waals surface area contributed by atoms with Gasteiger partial charge in [0.05, 0.1) is 11.3 Å². The molecule has 0 aliphatic rings. The second-order valence-corrected chi connectivity index (χ2v) is 8.59. The minimum Gasteiger partial charge on any atom is -0.354 e. The van der Waals surface area contributed by atoms with E-state index in [-0.39, 0.29) is 5.91 Å². The number of fused-ring (bicyclic) bond motifs is 1. The Morgan fingerprint density at radius 2 is 1.64 bits per heavy atom. The van der Waals surface area contributed by atoms with Gasteiger partial charge in [-0.3, -0.25) is 4.79 Å². The van der Waals surface area contributed by atoms with Crippen LogP contribution in [0, 0.1) is 3.57 Å². The molecule has 28 heavy (non-hydrogen) atoms. The van der Waals surface area contributed by atoms with E-state index in [1.165, 1.54) is 15.8 Å². The van der Waals surface area contributed by atoms with Crippen molar-refractivity contribution in [3.05, 3.63) is 88.0 Å². The lowest BCUT2D eigenvalue weighted by molar-refractivity contribution is 0.0955. The fourth-order valence-corrected chi connectivity index (χ4v) is 4.82. The quantitative estimate of drug-likeness (QED) is 0.196. The smallest absolute Gasteiger partial charge is 0.252 e. The fraction of sp³-hybridized carbons (Fsp3) is 0.0870. The molecule has 1 amide bonds. The van der Waals surface area contributed by atoms with Crippen molar-refractivity contribution in [2.45, 2.75) is 4.90 Å². The van der Waals surface area contributed by atoms with Crippen molar-refractivity contribution < 1.29 is 4.79 Å². The molecule has 0 radical (unpaired) electrons. The van der Waals surface area contributed by atoms with E-state index < -0.39 is 0 Å². The third-order valence-electron chi connectivity index (χ3n) is 4.47. The first-order chi connectivity index (χ1) is 13.7. The maximum absolute atomic E-state index is 12.4. The van der Waals surface area contributed by atoms with Gasteiger partial charge in [0, 0.05) is 31.7 Å². The van der Waals surface area contributed by atoms with E-state index in [9.17, 15) is 4.79 Å². The summed E-state index contributed by atoms with van der Waals surface area (Å²) in [6.45, 7) is 0.613. The van der Waals surface area contributed by atoms with Gasteiger partial charge in [-0.1, -0.05) is 60.7 Å². The van der Waals surface area contributed by atoms with Crippen LogP contribution in [0.5, 0.6) is 0 Å². The third-order valence-corrected chi connectivity index (χ3v) is 6.54. The molecule has 140 valence electrons. The highest BCUT2D eigenvalue weighted by molar-refractivity contribution is 14.1. The zero-order valence-electron chi connectivity index (χ0n) is 15.1. The summed E-state index contributed by atoms with van der Waals surface area (Å²) in [7, 11) is 0. The third kappa shape index (κ3) is 4.10. The van der Waals surface area contributed by atoms with E-state index in [1.807, 2.05) is 36.4 Å². The second-order valence-electron chi connectivity index (χ2n) is 6.32. The topological polar surface area (TPSA) is 44.9 Å². The highest BCUT2D eigenvalue weighted by atomic mass is 127. The van der Waals surface area contributed by atoms with Gasteiger partial charge in [-0.25, -0.2) is 0 Å². The first-order valence-electron chi connectivity index (χ1n) is 9.05. The lowest BCUT2D eigenvalue weighted by Crippen LogP contribution is -2.26. The van der Waals surface area contributed by atoms with E-state index >= 15 is 0 Å². The normalized spacial score (nSPS) is 10.9. The van der Waals surface area contributed by atoms with Crippen molar-refractivity contribution in [1.82, 2.24) is 10.3 Å². The van der Waals surface area contributed by atoms with E-state index in [0.29, 0.717) is 6.54 Å². The number of rotatable bonds is 6. The summed E-state index contributed by atoms with van der Waals surface area (Å²) >= 11 is 3.97. The van der Waals surface area contributed by atoms with Crippen molar-refractivity contribution in [3.8, 4) is 11.3 Å². The number of hydrogen-bond donors (Lipinski definition) is 2. The number of nitrogens with one attached hydrogen (secondary N) is 2. The number of para-hydroxylation sites is 1. The standard InChI is InChI=1S/C23H19IN2OS/c24-19-12-6-4-10-17(19)23(27)25-14-15-28-22-18-11-5-7-13-20(18)26-21(22)16-8-2-1-3-9-16/h1-13,26H,14-15H2,(H,25,27). The van der Waals surface area contributed by atoms with E-state index in [0.717, 1.165) is 26.1 Å². The molecular weight excluding hydrogens is 479 g/mol. The Labute approximate surface area is 182 Å². The van der Waals surface area contributed by atoms with Crippen molar-refractivity contribution in [2.24, 2.45) is 0 Å². The lowest BCUT2D eigenvalue weighted by atomic mass is 10.1. The van der Waals surface area contributed by atoms with Crippen LogP contribution < -0.4 is 5.32 Å². The average molecular weight is 498 g/mol. The van der Waals surface area contributed by atoms with Crippen LogP contribution in [0.25, 0.3) is 22.2 Å². The molecule has 0 fully saturated rings. The van der Waals surface area contributed by atoms with Crippen molar-refractivity contribution >= 4 is 51.2 Å². The van der Waals surface area contributed by atoms with Gasteiger partial charge < -0.3 is 10.3 Å². The Balaban J connectivity index is 1.49. The van der Waals surface area contributed by atoms with Gasteiger partial charge in [0.2, 0.25) is 0 Å². The van der Waals surface area contributed by atoms with E-state index in [1.54, 1.807) is 11.8 Å². The Bertz CT molecular complexity index is 1110. The van der Waals surface area contributed by atoms with Gasteiger partial charge in [0.1, 0.15) is 0 Å². The molecule has 0 unspecified atom stereocenters. The average Bonchev–Trinajstić information content (AvgIpc) is 3.11. The van der Waals surface area contributed by atoms with E-state index in [4.69, 9.17) is 0 Å². The molecule has 0 saturated carbocycles. The van der Waals surface area contributed by atoms with Gasteiger partial charge in [0.25, 0.3) is 5.91 Å². The van der Waals surface area contributed by atoms with Crippen LogP contribution in [0.3, 0.4) is 0 Å². The molecule has 1 heterocycles. The first-order valence-corrected chi connectivity index (χ1v) is 11.1. The summed E-state index contributed by atoms with van der Waals surface area (Å²) in [5.41, 5.74) is 4.16. The van der Waals surface area contributed by atoms with Crippen LogP contribution in [0.1, 0.15) is 10.4 Å². The number of aromatic amines is 1. The molecule has 4 rings (SSSR count). The van der Waals surface area contributed by atoms with Gasteiger partial charge in [-0.2, -0.15) is 0 Å². The highest BCUT2D eigenvalue weighted by Gasteiger charge is 2.14. The molecule has 4 aromatic rings. The Hall–Kier alpha value is -2.25. The predicted octanol–water partition coefficient (Wildman–Crippen LogP) is 5.96. The number of halogens is 1. The Kier molecular flexibility index (Phi) is 6.02. The van der Waals surface area contributed by atoms with Gasteiger partial charge in [0.15, 0.2) is 0 Å². The van der Waals surface area contributed by atoms with Crippen LogP contribution in [-0.4, -0.2) is 23.2 Å². The first kappa shape index (κ1) is 19.1. The largest absolute Gasteiger partial charge is 0.354 e. The lowest BCUT2D eigenvalue weighted by Gasteiger charge is -2.08. The summed E-state index contributed by atoms with van der Waals surface area (Å²) in [5, 5.41) is 4.25. The number of hydrogen-bond acceptors (Lipinski definition) is 2. The van der Waals surface area contributed by atoms with Crippen LogP contribution >= 0.6 is 34.4 Å². The van der Waals surface area contributed by atoms with Crippen molar-refractivity contribution in [2.75, 3.05) is 12.3 Å². The minimum absolute atomic E-state index is 0.0205. The van der Waals surface area contributed by atoms with Gasteiger partial charge >= 0.3 is 0 Å². The fourth-order valence-electron chi connectivity index (χ4n) is 3.13. The molecule has 2 N–H and O–H groups in total. The molecule has 3 aromatic carbocycles. The second kappa shape index (κ2) is 8.84. The molecular formula is C23H19IN2OS. The number of aromatic nitrogens is 1. The van der Waals surface area contributed by atoms with Crippen molar-refractivity contribution in [3.63, 3.8) is 0 Å². The van der Waals surface area contributed by atoms with E-state index in [2.05, 4.69) is 75.4 Å². The minimum atomic E-state index is -0.0205. The predicted molar refractivity (Wildman–Crippen MR) is 126 cm³/mol. The monoisotopic (exact) mass is 498 g/mol. The summed E-state index contributed by atoms with van der Waals surface area (Å²) in [4.78, 5) is 17.2. The maximum atomic E-state index is 12.4. The molecule has 5 heteroatoms. The molecule has 0 aliphatic carbocycles. The maximum Gasteiger partial charge on any atom is 0.252 e. The zero-order valence-corrected chi connectivity index (χ0v) is 18.1. The molecule has 0 aliphatic heterocycles. The van der Waals surface area contributed by atoms with Crippen molar-refractivity contribution in [1.29, 1.82) is 0 Å². The molecule has 0 saturated heterocycles. The Morgan fingerprint density at radius 3 is 2.46 bits per heavy atom. The number of amides is 1. The summed E-state index contributed by atoms with van der Waals surface area (Å²) < 4.78 is 0.966. The summed E-state index contributed by atoms with van der Waals surface area (Å²) in [6, 6.07) is 26.4. The molecule has 3 nitrogen and oxygen atoms in total. The number of carbonyl (C=O) groups excluding carboxylic acids is 1. The Morgan fingerprint density at radius 1 is 0.929 bits per heavy atom. The zero-order chi connectivity index (χ0) is 19.3. The van der Waals surface area contributed by atoms with Crippen LogP contribution in [-0.2, 0) is 0 Å². The molecule has 1 aromatic heterocycles. The van der Waals surface area contributed by atoms with Gasteiger partial charge in [-0.15, -0.1) is 11.8 Å². The molecule has 0 spiro atoms. The SMILES string of the molecule is O=C(NCCSc1c(-c2ccccc2)[nH]c2ccccc12)c1ccccc1I. The number of carbonyl (C=O) groups is 1. The number of H-pyrrole nitrogens is 1. The van der Waals surface area contributed by atoms with Crippen LogP contribution in [0.15, 0.2) is 83.8 Å². The van der Waals surface area contributed by atoms with Crippen LogP contribution in [0.2, 0.25) is 0 Å². The van der Waals surface area contributed by atoms with Gasteiger partial charge in [-0.05, 0) is 46.4 Å². The summed E-state index contributed by atoms with van der Waals surface area (Å²) in [6.07, 6.45) is 0. The number of benzene rings is 3. The van der Waals surface area contributed by atoms with Crippen LogP contribution in [0.4, 0.5) is 0 Å².